The van der Waals surface area contributed by atoms with Gasteiger partial charge in [-0.2, -0.15) is 23.5 Å². The van der Waals surface area contributed by atoms with E-state index in [1.165, 1.54) is 18.2 Å². The molecule has 0 amide bonds. The predicted molar refractivity (Wildman–Crippen MR) is 124 cm³/mol. The van der Waals surface area contributed by atoms with Gasteiger partial charge in [0, 0.05) is 5.02 Å². The fourth-order valence-corrected chi connectivity index (χ4v) is 3.71. The number of nitriles is 1. The largest absolute Gasteiger partial charge is 0.449 e. The standard InChI is InChI=1S/C24H14ClF4N5O3/c1-12-2-14(6-16(26)3-12)19-8-17(32-33-22(19)35)10-34-11-31-21(24(27,28)29)20(23(34)36)37-18-5-13(9-30)4-15(25)7-18/h2-8,11H,10H2,1H3,(H,33,35). The van der Waals surface area contributed by atoms with E-state index in [2.05, 4.69) is 15.2 Å². The molecule has 2 heterocycles. The van der Waals surface area contributed by atoms with Gasteiger partial charge in [0.05, 0.1) is 35.8 Å². The zero-order valence-corrected chi connectivity index (χ0v) is 19.5. The lowest BCUT2D eigenvalue weighted by Gasteiger charge is -2.15. The van der Waals surface area contributed by atoms with Gasteiger partial charge in [0.1, 0.15) is 11.6 Å². The van der Waals surface area contributed by atoms with Crippen molar-refractivity contribution in [2.75, 3.05) is 0 Å². The van der Waals surface area contributed by atoms with Crippen LogP contribution in [0.4, 0.5) is 17.6 Å². The molecule has 188 valence electrons. The summed E-state index contributed by atoms with van der Waals surface area (Å²) in [5.74, 6) is -2.00. The van der Waals surface area contributed by atoms with Crippen LogP contribution in [0.1, 0.15) is 22.5 Å². The second-order valence-electron chi connectivity index (χ2n) is 7.86. The number of H-pyrrole nitrogens is 1. The molecule has 1 N–H and O–H groups in total. The Morgan fingerprint density at radius 1 is 1.14 bits per heavy atom. The number of aryl methyl sites for hydroxylation is 1. The maximum absolute atomic E-state index is 13.9. The maximum atomic E-state index is 13.9. The van der Waals surface area contributed by atoms with Crippen LogP contribution in [0.2, 0.25) is 5.02 Å². The molecule has 37 heavy (non-hydrogen) atoms. The fourth-order valence-electron chi connectivity index (χ4n) is 3.49. The van der Waals surface area contributed by atoms with E-state index in [9.17, 15) is 27.2 Å². The quantitative estimate of drug-likeness (QED) is 0.369. The molecule has 0 radical (unpaired) electrons. The van der Waals surface area contributed by atoms with Crippen LogP contribution in [-0.2, 0) is 12.7 Å². The van der Waals surface area contributed by atoms with Crippen molar-refractivity contribution in [3.8, 4) is 28.7 Å². The monoisotopic (exact) mass is 531 g/mol. The highest BCUT2D eigenvalue weighted by Crippen LogP contribution is 2.35. The summed E-state index contributed by atoms with van der Waals surface area (Å²) in [5.41, 5.74) is -2.52. The molecule has 0 aliphatic rings. The van der Waals surface area contributed by atoms with Crippen molar-refractivity contribution in [3.05, 3.63) is 103 Å². The van der Waals surface area contributed by atoms with Crippen molar-refractivity contribution in [3.63, 3.8) is 0 Å². The first-order valence-corrected chi connectivity index (χ1v) is 10.7. The molecule has 0 saturated heterocycles. The minimum atomic E-state index is -5.04. The Morgan fingerprint density at radius 2 is 1.89 bits per heavy atom. The van der Waals surface area contributed by atoms with Crippen molar-refractivity contribution < 1.29 is 22.3 Å². The van der Waals surface area contributed by atoms with Crippen LogP contribution in [-0.4, -0.2) is 19.7 Å². The van der Waals surface area contributed by atoms with E-state index in [0.717, 1.165) is 22.8 Å². The SMILES string of the molecule is Cc1cc(F)cc(-c2cc(Cn3cnc(C(F)(F)F)c(Oc4cc(Cl)cc(C#N)c4)c3=O)n[nH]c2=O)c1. The molecule has 2 aromatic carbocycles. The summed E-state index contributed by atoms with van der Waals surface area (Å²) < 4.78 is 60.7. The highest BCUT2D eigenvalue weighted by Gasteiger charge is 2.38. The van der Waals surface area contributed by atoms with E-state index < -0.39 is 41.1 Å². The summed E-state index contributed by atoms with van der Waals surface area (Å²) >= 11 is 5.89. The summed E-state index contributed by atoms with van der Waals surface area (Å²) in [6.45, 7) is 1.23. The maximum Gasteiger partial charge on any atom is 0.437 e. The molecule has 0 saturated carbocycles. The molecule has 8 nitrogen and oxygen atoms in total. The van der Waals surface area contributed by atoms with E-state index in [1.807, 2.05) is 0 Å². The number of hydrogen-bond acceptors (Lipinski definition) is 6. The lowest BCUT2D eigenvalue weighted by Crippen LogP contribution is -2.27. The second kappa shape index (κ2) is 9.87. The van der Waals surface area contributed by atoms with Gasteiger partial charge < -0.3 is 4.74 Å². The van der Waals surface area contributed by atoms with Crippen LogP contribution < -0.4 is 15.9 Å². The first-order valence-electron chi connectivity index (χ1n) is 10.4. The molecular weight excluding hydrogens is 518 g/mol. The highest BCUT2D eigenvalue weighted by atomic mass is 35.5. The number of hydrogen-bond donors (Lipinski definition) is 1. The molecule has 13 heteroatoms. The Bertz CT molecular complexity index is 1650. The summed E-state index contributed by atoms with van der Waals surface area (Å²) in [6.07, 6.45) is -4.38. The predicted octanol–water partition coefficient (Wildman–Crippen LogP) is 4.83. The Morgan fingerprint density at radius 3 is 2.57 bits per heavy atom. The molecule has 0 unspecified atom stereocenters. The van der Waals surface area contributed by atoms with E-state index in [1.54, 1.807) is 19.1 Å². The Balaban J connectivity index is 1.77. The van der Waals surface area contributed by atoms with Crippen molar-refractivity contribution >= 4 is 11.6 Å². The fraction of sp³-hybridized carbons (Fsp3) is 0.125. The Labute approximate surface area is 210 Å². The molecule has 4 rings (SSSR count). The average Bonchev–Trinajstić information content (AvgIpc) is 2.81. The number of alkyl halides is 3. The Hall–Kier alpha value is -4.50. The topological polar surface area (TPSA) is 114 Å². The summed E-state index contributed by atoms with van der Waals surface area (Å²) in [6, 6.07) is 10.6. The van der Waals surface area contributed by atoms with Crippen LogP contribution in [0, 0.1) is 24.1 Å². The van der Waals surface area contributed by atoms with Crippen molar-refractivity contribution in [2.24, 2.45) is 0 Å². The van der Waals surface area contributed by atoms with E-state index in [-0.39, 0.29) is 33.2 Å². The number of benzene rings is 2. The molecule has 0 fully saturated rings. The van der Waals surface area contributed by atoms with Gasteiger partial charge in [-0.1, -0.05) is 17.7 Å². The van der Waals surface area contributed by atoms with Gasteiger partial charge >= 0.3 is 6.18 Å². The Kier molecular flexibility index (Phi) is 6.82. The van der Waals surface area contributed by atoms with Crippen molar-refractivity contribution in [1.29, 1.82) is 5.26 Å². The molecule has 4 aromatic rings. The van der Waals surface area contributed by atoms with Crippen LogP contribution in [0.5, 0.6) is 11.5 Å². The molecule has 0 aliphatic heterocycles. The smallest absolute Gasteiger partial charge is 0.437 e. The summed E-state index contributed by atoms with van der Waals surface area (Å²) in [4.78, 5) is 28.7. The first-order chi connectivity index (χ1) is 17.4. The van der Waals surface area contributed by atoms with Gasteiger partial charge in [0.25, 0.3) is 11.1 Å². The molecule has 0 aliphatic carbocycles. The minimum Gasteiger partial charge on any atom is -0.449 e. The molecule has 2 aromatic heterocycles. The van der Waals surface area contributed by atoms with E-state index in [0.29, 0.717) is 11.9 Å². The van der Waals surface area contributed by atoms with Crippen molar-refractivity contribution in [1.82, 2.24) is 19.7 Å². The molecule has 0 bridgehead atoms. The van der Waals surface area contributed by atoms with Gasteiger partial charge in [-0.3, -0.25) is 14.2 Å². The van der Waals surface area contributed by atoms with Gasteiger partial charge in [-0.15, -0.1) is 0 Å². The average molecular weight is 532 g/mol. The number of halogens is 5. The van der Waals surface area contributed by atoms with Crippen LogP contribution in [0.15, 0.2) is 58.4 Å². The lowest BCUT2D eigenvalue weighted by molar-refractivity contribution is -0.142. The number of rotatable bonds is 5. The summed E-state index contributed by atoms with van der Waals surface area (Å²) in [7, 11) is 0. The minimum absolute atomic E-state index is 0.00201. The normalized spacial score (nSPS) is 11.3. The van der Waals surface area contributed by atoms with Crippen molar-refractivity contribution in [2.45, 2.75) is 19.6 Å². The highest BCUT2D eigenvalue weighted by molar-refractivity contribution is 6.30. The van der Waals surface area contributed by atoms with Crippen LogP contribution in [0.3, 0.4) is 0 Å². The number of aromatic amines is 1. The van der Waals surface area contributed by atoms with E-state index in [4.69, 9.17) is 21.6 Å². The van der Waals surface area contributed by atoms with Gasteiger partial charge in [0.15, 0.2) is 5.69 Å². The second-order valence-corrected chi connectivity index (χ2v) is 8.30. The third kappa shape index (κ3) is 5.68. The number of nitrogens with zero attached hydrogens (tertiary/aromatic N) is 4. The first kappa shape index (κ1) is 25.6. The van der Waals surface area contributed by atoms with Gasteiger partial charge in [-0.05, 0) is 54.4 Å². The van der Waals surface area contributed by atoms with Crippen LogP contribution in [0.25, 0.3) is 11.1 Å². The molecular formula is C24H14ClF4N5O3. The zero-order chi connectivity index (χ0) is 26.9. The third-order valence-electron chi connectivity index (χ3n) is 5.03. The third-order valence-corrected chi connectivity index (χ3v) is 5.25. The van der Waals surface area contributed by atoms with Crippen LogP contribution >= 0.6 is 11.6 Å². The van der Waals surface area contributed by atoms with Gasteiger partial charge in [0.2, 0.25) is 5.75 Å². The molecule has 0 spiro atoms. The van der Waals surface area contributed by atoms with Gasteiger partial charge in [-0.25, -0.2) is 14.5 Å². The zero-order valence-electron chi connectivity index (χ0n) is 18.7. The molecule has 0 atom stereocenters. The number of aromatic nitrogens is 4. The van der Waals surface area contributed by atoms with E-state index >= 15 is 0 Å². The summed E-state index contributed by atoms with van der Waals surface area (Å²) in [5, 5.41) is 15.1. The number of nitrogens with one attached hydrogen (secondary N) is 1. The lowest BCUT2D eigenvalue weighted by atomic mass is 10.0. The number of ether oxygens (including phenoxy) is 1.